The Balaban J connectivity index is 2.36. The molecule has 1 aromatic heterocycles. The minimum absolute atomic E-state index is 0.972. The molecule has 0 bridgehead atoms. The predicted octanol–water partition coefficient (Wildman–Crippen LogP) is 1.40. The second-order valence-corrected chi connectivity index (χ2v) is 8.86. The molecule has 2 N–H and O–H groups in total. The first-order valence-electron chi connectivity index (χ1n) is 6.27. The molecule has 0 aliphatic carbocycles. The van der Waals surface area contributed by atoms with Crippen LogP contribution in [0.4, 0.5) is 0 Å². The van der Waals surface area contributed by atoms with Gasteiger partial charge in [-0.25, -0.2) is 0 Å². The predicted molar refractivity (Wildman–Crippen MR) is 78.7 cm³/mol. The highest BCUT2D eigenvalue weighted by molar-refractivity contribution is 6.83. The van der Waals surface area contributed by atoms with Crippen LogP contribution in [0.25, 0.3) is 10.9 Å². The minimum atomic E-state index is -2.26. The number of likely N-dealkylation sites (N-methyl/N-ethyl adjacent to an activating group) is 1. The quantitative estimate of drug-likeness (QED) is 0.817. The van der Waals surface area contributed by atoms with E-state index in [2.05, 4.69) is 34.6 Å². The van der Waals surface area contributed by atoms with Crippen LogP contribution in [0.3, 0.4) is 0 Å². The van der Waals surface area contributed by atoms with Gasteiger partial charge in [0.2, 0.25) is 8.32 Å². The Morgan fingerprint density at radius 2 is 2.06 bits per heavy atom. The molecule has 0 aliphatic heterocycles. The average molecular weight is 260 g/mol. The van der Waals surface area contributed by atoms with Crippen molar-refractivity contribution in [1.82, 2.24) is 10.3 Å². The summed E-state index contributed by atoms with van der Waals surface area (Å²) in [5.74, 6) is 0. The van der Waals surface area contributed by atoms with Gasteiger partial charge in [-0.15, -0.1) is 0 Å². The molecule has 3 nitrogen and oxygen atoms in total. The summed E-state index contributed by atoms with van der Waals surface area (Å²) in [4.78, 5) is 14.6. The van der Waals surface area contributed by atoms with Crippen LogP contribution in [0.15, 0.2) is 30.5 Å². The molecule has 1 heterocycles. The lowest BCUT2D eigenvalue weighted by molar-refractivity contribution is 0.568. The van der Waals surface area contributed by atoms with E-state index >= 15 is 0 Å². The molecule has 1 aromatic carbocycles. The van der Waals surface area contributed by atoms with Gasteiger partial charge in [-0.3, -0.25) is 4.98 Å². The van der Waals surface area contributed by atoms with Crippen molar-refractivity contribution < 1.29 is 4.80 Å². The largest absolute Gasteiger partial charge is 0.428 e. The van der Waals surface area contributed by atoms with E-state index in [9.17, 15) is 4.80 Å². The van der Waals surface area contributed by atoms with E-state index in [-0.39, 0.29) is 0 Å². The van der Waals surface area contributed by atoms with E-state index in [1.54, 1.807) is 0 Å². The second kappa shape index (κ2) is 5.18. The highest BCUT2D eigenvalue weighted by Crippen LogP contribution is 2.14. The number of rotatable bonds is 4. The van der Waals surface area contributed by atoms with Crippen LogP contribution in [-0.2, 0) is 6.42 Å². The molecule has 2 aromatic rings. The molecule has 2 rings (SSSR count). The molecule has 0 radical (unpaired) electrons. The van der Waals surface area contributed by atoms with Gasteiger partial charge >= 0.3 is 0 Å². The third-order valence-corrected chi connectivity index (χ3v) is 4.81. The summed E-state index contributed by atoms with van der Waals surface area (Å²) in [7, 11) is -0.300. The third kappa shape index (κ3) is 2.96. The third-order valence-electron chi connectivity index (χ3n) is 3.12. The Bertz CT molecular complexity index is 549. The zero-order chi connectivity index (χ0) is 13.2. The SMILES string of the molecule is CNCCc1ccc2cc([Si](C)(C)O)cnc2c1. The van der Waals surface area contributed by atoms with E-state index < -0.39 is 8.32 Å². The van der Waals surface area contributed by atoms with E-state index in [0.29, 0.717) is 0 Å². The molecule has 18 heavy (non-hydrogen) atoms. The van der Waals surface area contributed by atoms with Crippen LogP contribution in [-0.4, -0.2) is 31.7 Å². The molecular formula is C14H20N2OSi. The summed E-state index contributed by atoms with van der Waals surface area (Å²) in [5, 5.41) is 5.24. The fourth-order valence-electron chi connectivity index (χ4n) is 1.93. The fourth-order valence-corrected chi connectivity index (χ4v) is 2.82. The molecule has 4 heteroatoms. The van der Waals surface area contributed by atoms with Gasteiger partial charge in [0, 0.05) is 11.6 Å². The van der Waals surface area contributed by atoms with Gasteiger partial charge in [0.15, 0.2) is 0 Å². The Morgan fingerprint density at radius 3 is 2.72 bits per heavy atom. The number of fused-ring (bicyclic) bond motifs is 1. The van der Waals surface area contributed by atoms with Crippen molar-refractivity contribution >= 4 is 24.4 Å². The second-order valence-electron chi connectivity index (χ2n) is 5.16. The first-order valence-corrected chi connectivity index (χ1v) is 9.21. The maximum Gasteiger partial charge on any atom is 0.215 e. The standard InChI is InChI=1S/C14H20N2OSi/c1-15-7-6-11-4-5-12-9-13(18(2,3)17)10-16-14(12)8-11/h4-5,8-10,15,17H,6-7H2,1-3H3. The van der Waals surface area contributed by atoms with Gasteiger partial charge < -0.3 is 10.1 Å². The lowest BCUT2D eigenvalue weighted by Gasteiger charge is -2.14. The normalized spacial score (nSPS) is 12.0. The lowest BCUT2D eigenvalue weighted by Crippen LogP contribution is -2.41. The van der Waals surface area contributed by atoms with Crippen molar-refractivity contribution in [2.24, 2.45) is 0 Å². The highest BCUT2D eigenvalue weighted by atomic mass is 28.4. The smallest absolute Gasteiger partial charge is 0.215 e. The van der Waals surface area contributed by atoms with E-state index in [0.717, 1.165) is 29.1 Å². The molecule has 0 aliphatic rings. The van der Waals surface area contributed by atoms with Crippen LogP contribution < -0.4 is 10.5 Å². The van der Waals surface area contributed by atoms with Gasteiger partial charge in [-0.05, 0) is 56.0 Å². The maximum atomic E-state index is 10.1. The van der Waals surface area contributed by atoms with E-state index in [4.69, 9.17) is 0 Å². The molecule has 0 atom stereocenters. The van der Waals surface area contributed by atoms with Crippen LogP contribution in [0.5, 0.6) is 0 Å². The number of benzene rings is 1. The van der Waals surface area contributed by atoms with E-state index in [1.165, 1.54) is 5.56 Å². The monoisotopic (exact) mass is 260 g/mol. The average Bonchev–Trinajstić information content (AvgIpc) is 2.34. The van der Waals surface area contributed by atoms with Crippen LogP contribution >= 0.6 is 0 Å². The van der Waals surface area contributed by atoms with E-state index in [1.807, 2.05) is 26.3 Å². The Hall–Kier alpha value is -1.23. The zero-order valence-electron chi connectivity index (χ0n) is 11.2. The van der Waals surface area contributed by atoms with Crippen molar-refractivity contribution in [3.8, 4) is 0 Å². The number of nitrogens with zero attached hydrogens (tertiary/aromatic N) is 1. The number of aromatic nitrogens is 1. The van der Waals surface area contributed by atoms with Gasteiger partial charge in [0.05, 0.1) is 5.52 Å². The van der Waals surface area contributed by atoms with Crippen LogP contribution in [0, 0.1) is 0 Å². The first-order chi connectivity index (χ1) is 8.50. The first kappa shape index (κ1) is 13.2. The number of nitrogens with one attached hydrogen (secondary N) is 1. The van der Waals surface area contributed by atoms with Gasteiger partial charge in [0.25, 0.3) is 0 Å². The summed E-state index contributed by atoms with van der Waals surface area (Å²) in [6.45, 7) is 4.80. The summed E-state index contributed by atoms with van der Waals surface area (Å²) < 4.78 is 0. The molecule has 0 amide bonds. The highest BCUT2D eigenvalue weighted by Gasteiger charge is 2.20. The molecule has 0 spiro atoms. The van der Waals surface area contributed by atoms with Gasteiger partial charge in [-0.1, -0.05) is 12.1 Å². The number of hydrogen-bond donors (Lipinski definition) is 2. The zero-order valence-corrected chi connectivity index (χ0v) is 12.2. The minimum Gasteiger partial charge on any atom is -0.428 e. The Labute approximate surface area is 109 Å². The summed E-state index contributed by atoms with van der Waals surface area (Å²) in [6.07, 6.45) is 2.83. The fraction of sp³-hybridized carbons (Fsp3) is 0.357. The summed E-state index contributed by atoms with van der Waals surface area (Å²) >= 11 is 0. The number of hydrogen-bond acceptors (Lipinski definition) is 3. The Morgan fingerprint density at radius 1 is 1.28 bits per heavy atom. The summed E-state index contributed by atoms with van der Waals surface area (Å²) in [5.41, 5.74) is 2.29. The lowest BCUT2D eigenvalue weighted by atomic mass is 10.1. The van der Waals surface area contributed by atoms with Crippen LogP contribution in [0.2, 0.25) is 13.1 Å². The molecule has 0 unspecified atom stereocenters. The van der Waals surface area contributed by atoms with Crippen LogP contribution in [0.1, 0.15) is 5.56 Å². The molecule has 0 fully saturated rings. The van der Waals surface area contributed by atoms with Gasteiger partial charge in [0.1, 0.15) is 0 Å². The molecule has 0 saturated heterocycles. The molecule has 96 valence electrons. The summed E-state index contributed by atoms with van der Waals surface area (Å²) in [6, 6.07) is 8.42. The number of pyridine rings is 1. The maximum absolute atomic E-state index is 10.1. The van der Waals surface area contributed by atoms with Crippen molar-refractivity contribution in [1.29, 1.82) is 0 Å². The van der Waals surface area contributed by atoms with Crippen molar-refractivity contribution in [2.75, 3.05) is 13.6 Å². The Kier molecular flexibility index (Phi) is 3.80. The topological polar surface area (TPSA) is 45.1 Å². The van der Waals surface area contributed by atoms with Gasteiger partial charge in [-0.2, -0.15) is 0 Å². The molecular weight excluding hydrogens is 240 g/mol. The molecule has 0 saturated carbocycles. The van der Waals surface area contributed by atoms with Crippen molar-refractivity contribution in [3.05, 3.63) is 36.0 Å². The van der Waals surface area contributed by atoms with Crippen molar-refractivity contribution in [2.45, 2.75) is 19.5 Å². The van der Waals surface area contributed by atoms with Crippen molar-refractivity contribution in [3.63, 3.8) is 0 Å².